The van der Waals surface area contributed by atoms with Gasteiger partial charge in [0.15, 0.2) is 11.6 Å². The van der Waals surface area contributed by atoms with Gasteiger partial charge >= 0.3 is 0 Å². The molecule has 14 heteroatoms. The lowest BCUT2D eigenvalue weighted by atomic mass is 10.2. The zero-order chi connectivity index (χ0) is 25.6. The third kappa shape index (κ3) is 4.49. The van der Waals surface area contributed by atoms with Crippen molar-refractivity contribution in [1.29, 1.82) is 0 Å². The van der Waals surface area contributed by atoms with Gasteiger partial charge in [-0.25, -0.2) is 4.98 Å². The third-order valence-electron chi connectivity index (χ3n) is 7.59. The van der Waals surface area contributed by atoms with E-state index >= 15 is 0 Å². The van der Waals surface area contributed by atoms with Crippen molar-refractivity contribution < 1.29 is 14.3 Å². The van der Waals surface area contributed by atoms with Gasteiger partial charge in [0, 0.05) is 56.7 Å². The number of nitrogens with one attached hydrogen (secondary N) is 3. The molecule has 4 atom stereocenters. The summed E-state index contributed by atoms with van der Waals surface area (Å²) in [5.41, 5.74) is 1.11. The fraction of sp³-hybridized carbons (Fsp3) is 0.542. The minimum Gasteiger partial charge on any atom is -0.380 e. The summed E-state index contributed by atoms with van der Waals surface area (Å²) in [4.78, 5) is 39.9. The van der Waals surface area contributed by atoms with Crippen LogP contribution in [0.4, 0.5) is 29.5 Å². The number of ether oxygens (including phenoxy) is 2. The Morgan fingerprint density at radius 3 is 2.68 bits per heavy atom. The molecule has 6 heterocycles. The quantitative estimate of drug-likeness (QED) is 0.391. The van der Waals surface area contributed by atoms with E-state index in [0.29, 0.717) is 55.0 Å². The van der Waals surface area contributed by atoms with E-state index in [1.165, 1.54) is 25.2 Å². The number of rotatable bonds is 8. The topological polar surface area (TPSA) is 159 Å². The van der Waals surface area contributed by atoms with Crippen molar-refractivity contribution in [3.63, 3.8) is 0 Å². The predicted molar refractivity (Wildman–Crippen MR) is 136 cm³/mol. The van der Waals surface area contributed by atoms with Crippen LogP contribution >= 0.6 is 0 Å². The van der Waals surface area contributed by atoms with Crippen LogP contribution in [0.1, 0.15) is 37.3 Å². The molecule has 7 rings (SSSR count). The number of carbonyl (C=O) groups is 1. The second-order valence-corrected chi connectivity index (χ2v) is 10.2. The first-order valence-corrected chi connectivity index (χ1v) is 13.0. The first-order valence-electron chi connectivity index (χ1n) is 13.0. The van der Waals surface area contributed by atoms with Crippen molar-refractivity contribution in [2.24, 2.45) is 0 Å². The van der Waals surface area contributed by atoms with E-state index < -0.39 is 6.04 Å². The molecule has 1 aliphatic carbocycles. The van der Waals surface area contributed by atoms with Gasteiger partial charge in [-0.1, -0.05) is 0 Å². The summed E-state index contributed by atoms with van der Waals surface area (Å²) in [6, 6.07) is 1.66. The highest BCUT2D eigenvalue weighted by Crippen LogP contribution is 2.40. The van der Waals surface area contributed by atoms with E-state index in [2.05, 4.69) is 35.7 Å². The number of aromatic nitrogens is 7. The molecular formula is C24H29N11O3. The molecular weight excluding hydrogens is 490 g/mol. The Balaban J connectivity index is 1.21. The lowest BCUT2D eigenvalue weighted by Gasteiger charge is -2.29. The maximum Gasteiger partial charge on any atom is 0.248 e. The standard InChI is InChI=1S/C24H29N11O3/c1-37-15-7-18(21(36)27-20-9-25-4-5-26-20)35(10-15)24-30-22(28-19-8-17(32-33-19)13-2-3-13)29-23(31-24)34-11-16-6-14(34)12-38-16/h4-5,8-9,13-16,18H,2-3,6-7,10-12H2,1H3,(H,26,27,36)(H2,28,29,30,31,32,33)/t14-,15+,16-,18+/m1/s1. The predicted octanol–water partition coefficient (Wildman–Crippen LogP) is 1.22. The molecule has 3 aliphatic heterocycles. The second-order valence-electron chi connectivity index (χ2n) is 10.2. The van der Waals surface area contributed by atoms with Gasteiger partial charge in [-0.15, -0.1) is 0 Å². The highest BCUT2D eigenvalue weighted by molar-refractivity contribution is 5.96. The van der Waals surface area contributed by atoms with Crippen LogP contribution in [0, 0.1) is 0 Å². The lowest BCUT2D eigenvalue weighted by Crippen LogP contribution is -2.42. The van der Waals surface area contributed by atoms with E-state index in [9.17, 15) is 4.79 Å². The van der Waals surface area contributed by atoms with Crippen LogP contribution < -0.4 is 20.4 Å². The number of hydrogen-bond donors (Lipinski definition) is 3. The molecule has 3 aromatic heterocycles. The fourth-order valence-corrected chi connectivity index (χ4v) is 5.44. The first-order chi connectivity index (χ1) is 18.6. The third-order valence-corrected chi connectivity index (χ3v) is 7.59. The van der Waals surface area contributed by atoms with Gasteiger partial charge in [0.2, 0.25) is 23.8 Å². The Morgan fingerprint density at radius 1 is 1.11 bits per heavy atom. The zero-order valence-electron chi connectivity index (χ0n) is 20.9. The van der Waals surface area contributed by atoms with Crippen LogP contribution in [0.25, 0.3) is 0 Å². The molecule has 3 aromatic rings. The van der Waals surface area contributed by atoms with Crippen LogP contribution in [-0.4, -0.2) is 92.1 Å². The number of nitrogens with zero attached hydrogens (tertiary/aromatic N) is 8. The summed E-state index contributed by atoms with van der Waals surface area (Å²) >= 11 is 0. The Kier molecular flexibility index (Phi) is 5.77. The maximum atomic E-state index is 13.3. The van der Waals surface area contributed by atoms with Gasteiger partial charge in [-0.05, 0) is 19.3 Å². The smallest absolute Gasteiger partial charge is 0.248 e. The Hall–Kier alpha value is -3.91. The van der Waals surface area contributed by atoms with E-state index in [4.69, 9.17) is 24.4 Å². The number of morpholine rings is 1. The SMILES string of the molecule is CO[C@H]1C[C@@H](C(=O)Nc2cnccn2)N(c2nc(Nc3cc(C4CC4)[nH]n3)nc(N3C[C@H]4C[C@@H]3CO4)n2)C1. The molecule has 4 fully saturated rings. The van der Waals surface area contributed by atoms with Crippen molar-refractivity contribution in [3.05, 3.63) is 30.4 Å². The highest BCUT2D eigenvalue weighted by Gasteiger charge is 2.42. The number of anilines is 5. The first kappa shape index (κ1) is 23.2. The molecule has 0 aromatic carbocycles. The van der Waals surface area contributed by atoms with Gasteiger partial charge in [0.25, 0.3) is 0 Å². The van der Waals surface area contributed by atoms with E-state index in [0.717, 1.165) is 18.7 Å². The summed E-state index contributed by atoms with van der Waals surface area (Å²) in [6.07, 6.45) is 8.41. The molecule has 38 heavy (non-hydrogen) atoms. The summed E-state index contributed by atoms with van der Waals surface area (Å²) in [5.74, 6) is 2.68. The summed E-state index contributed by atoms with van der Waals surface area (Å²) in [6.45, 7) is 1.83. The highest BCUT2D eigenvalue weighted by atomic mass is 16.5. The van der Waals surface area contributed by atoms with Crippen molar-refractivity contribution in [1.82, 2.24) is 35.1 Å². The van der Waals surface area contributed by atoms with Gasteiger partial charge in [0.1, 0.15) is 6.04 Å². The summed E-state index contributed by atoms with van der Waals surface area (Å²) in [5, 5.41) is 13.6. The monoisotopic (exact) mass is 519 g/mol. The van der Waals surface area contributed by atoms with E-state index in [1.54, 1.807) is 13.3 Å². The molecule has 14 nitrogen and oxygen atoms in total. The number of amides is 1. The molecule has 4 aliphatic rings. The zero-order valence-corrected chi connectivity index (χ0v) is 20.9. The number of carbonyl (C=O) groups excluding carboxylic acids is 1. The largest absolute Gasteiger partial charge is 0.380 e. The van der Waals surface area contributed by atoms with E-state index in [-0.39, 0.29) is 24.2 Å². The van der Waals surface area contributed by atoms with Gasteiger partial charge in [-0.2, -0.15) is 20.1 Å². The Labute approximate surface area is 218 Å². The molecule has 198 valence electrons. The lowest BCUT2D eigenvalue weighted by molar-refractivity contribution is -0.117. The minimum atomic E-state index is -0.560. The average Bonchev–Trinajstić information content (AvgIpc) is 3.32. The van der Waals surface area contributed by atoms with Crippen LogP contribution in [0.2, 0.25) is 0 Å². The average molecular weight is 520 g/mol. The second kappa shape index (κ2) is 9.44. The van der Waals surface area contributed by atoms with Gasteiger partial charge in [0.05, 0.1) is 31.1 Å². The number of fused-ring (bicyclic) bond motifs is 2. The molecule has 0 spiro atoms. The van der Waals surface area contributed by atoms with Crippen LogP contribution in [0.15, 0.2) is 24.7 Å². The van der Waals surface area contributed by atoms with Crippen LogP contribution in [0.3, 0.4) is 0 Å². The minimum absolute atomic E-state index is 0.159. The van der Waals surface area contributed by atoms with Crippen LogP contribution in [-0.2, 0) is 14.3 Å². The normalized spacial score (nSPS) is 26.2. The molecule has 0 radical (unpaired) electrons. The summed E-state index contributed by atoms with van der Waals surface area (Å²) in [7, 11) is 1.65. The van der Waals surface area contributed by atoms with Crippen molar-refractivity contribution in [3.8, 4) is 0 Å². The number of hydrogen-bond acceptors (Lipinski definition) is 12. The molecule has 3 saturated heterocycles. The molecule has 1 saturated carbocycles. The Bertz CT molecular complexity index is 1320. The fourth-order valence-electron chi connectivity index (χ4n) is 5.44. The van der Waals surface area contributed by atoms with Gasteiger partial charge in [-0.3, -0.25) is 14.9 Å². The molecule has 2 bridgehead atoms. The molecule has 0 unspecified atom stereocenters. The molecule has 1 amide bonds. The number of H-pyrrole nitrogens is 1. The summed E-state index contributed by atoms with van der Waals surface area (Å²) < 4.78 is 11.4. The Morgan fingerprint density at radius 2 is 1.97 bits per heavy atom. The van der Waals surface area contributed by atoms with E-state index in [1.807, 2.05) is 11.0 Å². The van der Waals surface area contributed by atoms with Crippen molar-refractivity contribution in [2.75, 3.05) is 47.2 Å². The van der Waals surface area contributed by atoms with Crippen molar-refractivity contribution >= 4 is 35.4 Å². The number of aromatic amines is 1. The van der Waals surface area contributed by atoms with Crippen molar-refractivity contribution in [2.45, 2.75) is 55.9 Å². The molecule has 3 N–H and O–H groups in total. The maximum absolute atomic E-state index is 13.3. The van der Waals surface area contributed by atoms with Gasteiger partial charge < -0.3 is 29.9 Å². The van der Waals surface area contributed by atoms with Crippen LogP contribution in [0.5, 0.6) is 0 Å². The number of methoxy groups -OCH3 is 1.